The van der Waals surface area contributed by atoms with Crippen molar-refractivity contribution in [2.24, 2.45) is 0 Å². The molecule has 5 nitrogen and oxygen atoms in total. The van der Waals surface area contributed by atoms with Gasteiger partial charge in [0.05, 0.1) is 19.4 Å². The van der Waals surface area contributed by atoms with E-state index >= 15 is 0 Å². The predicted octanol–water partition coefficient (Wildman–Crippen LogP) is 1.43. The summed E-state index contributed by atoms with van der Waals surface area (Å²) < 4.78 is 18.2. The van der Waals surface area contributed by atoms with E-state index in [4.69, 9.17) is 9.84 Å². The summed E-state index contributed by atoms with van der Waals surface area (Å²) in [5.74, 6) is -2.05. The van der Waals surface area contributed by atoms with Gasteiger partial charge < -0.3 is 15.2 Å². The number of carboxylic acid groups (broad SMARTS) is 1. The zero-order valence-electron chi connectivity index (χ0n) is 9.90. The van der Waals surface area contributed by atoms with E-state index in [2.05, 4.69) is 5.32 Å². The molecule has 18 heavy (non-hydrogen) atoms. The standard InChI is InChI=1S/C12H14FNO4/c1-18-5-4-11(15)14-9-3-2-8(6-12(16)17)10(13)7-9/h2-3,7H,4-6H2,1H3,(H,14,15)(H,16,17). The molecule has 0 aliphatic heterocycles. The number of ether oxygens (including phenoxy) is 1. The van der Waals surface area contributed by atoms with Gasteiger partial charge >= 0.3 is 5.97 Å². The van der Waals surface area contributed by atoms with Crippen LogP contribution < -0.4 is 5.32 Å². The van der Waals surface area contributed by atoms with E-state index in [1.165, 1.54) is 19.2 Å². The molecule has 0 saturated carbocycles. The number of nitrogens with one attached hydrogen (secondary N) is 1. The van der Waals surface area contributed by atoms with Crippen LogP contribution in [0.5, 0.6) is 0 Å². The lowest BCUT2D eigenvalue weighted by Gasteiger charge is -2.06. The Hall–Kier alpha value is -1.95. The van der Waals surface area contributed by atoms with E-state index in [0.29, 0.717) is 5.69 Å². The predicted molar refractivity (Wildman–Crippen MR) is 62.9 cm³/mol. The molecule has 0 fully saturated rings. The smallest absolute Gasteiger partial charge is 0.307 e. The van der Waals surface area contributed by atoms with E-state index in [-0.39, 0.29) is 30.9 Å². The van der Waals surface area contributed by atoms with Crippen molar-refractivity contribution >= 4 is 17.6 Å². The lowest BCUT2D eigenvalue weighted by Crippen LogP contribution is -2.14. The number of hydrogen-bond acceptors (Lipinski definition) is 3. The van der Waals surface area contributed by atoms with Crippen LogP contribution in [0.4, 0.5) is 10.1 Å². The Bertz CT molecular complexity index is 448. The first-order valence-electron chi connectivity index (χ1n) is 5.32. The highest BCUT2D eigenvalue weighted by molar-refractivity contribution is 5.90. The number of carbonyl (C=O) groups excluding carboxylic acids is 1. The highest BCUT2D eigenvalue weighted by Gasteiger charge is 2.09. The van der Waals surface area contributed by atoms with Crippen LogP contribution in [-0.4, -0.2) is 30.7 Å². The maximum atomic E-state index is 13.5. The SMILES string of the molecule is COCCC(=O)Nc1ccc(CC(=O)O)c(F)c1. The molecule has 1 rings (SSSR count). The number of methoxy groups -OCH3 is 1. The second-order valence-corrected chi connectivity index (χ2v) is 3.67. The van der Waals surface area contributed by atoms with Crippen LogP contribution in [0, 0.1) is 5.82 Å². The first-order chi connectivity index (χ1) is 8.52. The van der Waals surface area contributed by atoms with Gasteiger partial charge in [-0.25, -0.2) is 4.39 Å². The molecule has 0 radical (unpaired) electrons. The summed E-state index contributed by atoms with van der Waals surface area (Å²) in [5.41, 5.74) is 0.375. The van der Waals surface area contributed by atoms with Gasteiger partial charge in [-0.1, -0.05) is 6.07 Å². The minimum absolute atomic E-state index is 0.0809. The molecule has 0 aliphatic carbocycles. The quantitative estimate of drug-likeness (QED) is 0.806. The Balaban J connectivity index is 2.66. The zero-order chi connectivity index (χ0) is 13.5. The van der Waals surface area contributed by atoms with Gasteiger partial charge in [-0.3, -0.25) is 9.59 Å². The highest BCUT2D eigenvalue weighted by Crippen LogP contribution is 2.15. The fourth-order valence-corrected chi connectivity index (χ4v) is 1.35. The van der Waals surface area contributed by atoms with E-state index in [9.17, 15) is 14.0 Å². The number of anilines is 1. The fraction of sp³-hybridized carbons (Fsp3) is 0.333. The lowest BCUT2D eigenvalue weighted by molar-refractivity contribution is -0.136. The summed E-state index contributed by atoms with van der Waals surface area (Å²) in [4.78, 5) is 21.8. The van der Waals surface area contributed by atoms with Crippen LogP contribution in [0.3, 0.4) is 0 Å². The Morgan fingerprint density at radius 1 is 1.44 bits per heavy atom. The maximum absolute atomic E-state index is 13.5. The van der Waals surface area contributed by atoms with Crippen molar-refractivity contribution in [3.63, 3.8) is 0 Å². The molecule has 0 heterocycles. The lowest BCUT2D eigenvalue weighted by atomic mass is 10.1. The van der Waals surface area contributed by atoms with Gasteiger partial charge in [0, 0.05) is 12.8 Å². The molecule has 0 saturated heterocycles. The van der Waals surface area contributed by atoms with Crippen molar-refractivity contribution in [2.45, 2.75) is 12.8 Å². The minimum atomic E-state index is -1.11. The van der Waals surface area contributed by atoms with E-state index in [1.54, 1.807) is 0 Å². The van der Waals surface area contributed by atoms with Crippen LogP contribution >= 0.6 is 0 Å². The van der Waals surface area contributed by atoms with Crippen molar-refractivity contribution in [1.29, 1.82) is 0 Å². The second-order valence-electron chi connectivity index (χ2n) is 3.67. The van der Waals surface area contributed by atoms with Crippen molar-refractivity contribution in [3.8, 4) is 0 Å². The van der Waals surface area contributed by atoms with Gasteiger partial charge in [0.25, 0.3) is 0 Å². The molecule has 0 aliphatic rings. The average Bonchev–Trinajstić information content (AvgIpc) is 2.29. The average molecular weight is 255 g/mol. The van der Waals surface area contributed by atoms with E-state index in [1.807, 2.05) is 0 Å². The molecule has 2 N–H and O–H groups in total. The van der Waals surface area contributed by atoms with Crippen LogP contribution in [0.25, 0.3) is 0 Å². The highest BCUT2D eigenvalue weighted by atomic mass is 19.1. The van der Waals surface area contributed by atoms with Crippen LogP contribution in [-0.2, 0) is 20.7 Å². The molecule has 0 spiro atoms. The number of aliphatic carboxylic acids is 1. The Kier molecular flexibility index (Phi) is 5.26. The molecule has 0 bridgehead atoms. The molecule has 0 unspecified atom stereocenters. The third-order valence-corrected chi connectivity index (χ3v) is 2.21. The number of benzene rings is 1. The Morgan fingerprint density at radius 2 is 2.17 bits per heavy atom. The summed E-state index contributed by atoms with van der Waals surface area (Å²) in [5, 5.41) is 11.0. The van der Waals surface area contributed by atoms with Crippen molar-refractivity contribution in [3.05, 3.63) is 29.6 Å². The maximum Gasteiger partial charge on any atom is 0.307 e. The van der Waals surface area contributed by atoms with E-state index in [0.717, 1.165) is 6.07 Å². The second kappa shape index (κ2) is 6.70. The summed E-state index contributed by atoms with van der Waals surface area (Å²) >= 11 is 0. The van der Waals surface area contributed by atoms with Crippen molar-refractivity contribution in [1.82, 2.24) is 0 Å². The minimum Gasteiger partial charge on any atom is -0.481 e. The topological polar surface area (TPSA) is 75.6 Å². The van der Waals surface area contributed by atoms with Gasteiger partial charge in [-0.05, 0) is 17.7 Å². The molecule has 1 aromatic rings. The Labute approximate surface area is 104 Å². The van der Waals surface area contributed by atoms with Gasteiger partial charge in [0.15, 0.2) is 0 Å². The number of carboxylic acids is 1. The van der Waals surface area contributed by atoms with Crippen LogP contribution in [0.15, 0.2) is 18.2 Å². The fourth-order valence-electron chi connectivity index (χ4n) is 1.35. The van der Waals surface area contributed by atoms with Crippen molar-refractivity contribution < 1.29 is 23.8 Å². The van der Waals surface area contributed by atoms with Crippen LogP contribution in [0.2, 0.25) is 0 Å². The van der Waals surface area contributed by atoms with Crippen LogP contribution in [0.1, 0.15) is 12.0 Å². The first kappa shape index (κ1) is 14.1. The summed E-state index contributed by atoms with van der Waals surface area (Å²) in [6.45, 7) is 0.283. The third-order valence-electron chi connectivity index (χ3n) is 2.21. The molecule has 98 valence electrons. The van der Waals surface area contributed by atoms with Gasteiger partial charge in [-0.2, -0.15) is 0 Å². The van der Waals surface area contributed by atoms with Gasteiger partial charge in [0.2, 0.25) is 5.91 Å². The normalized spacial score (nSPS) is 10.1. The number of hydrogen-bond donors (Lipinski definition) is 2. The number of carbonyl (C=O) groups is 2. The first-order valence-corrected chi connectivity index (χ1v) is 5.32. The number of rotatable bonds is 6. The monoisotopic (exact) mass is 255 g/mol. The summed E-state index contributed by atoms with van der Waals surface area (Å²) in [6.07, 6.45) is -0.210. The molecule has 0 aromatic heterocycles. The zero-order valence-corrected chi connectivity index (χ0v) is 9.90. The summed E-state index contributed by atoms with van der Waals surface area (Å²) in [7, 11) is 1.48. The molecule has 6 heteroatoms. The largest absolute Gasteiger partial charge is 0.481 e. The number of amides is 1. The van der Waals surface area contributed by atoms with E-state index < -0.39 is 11.8 Å². The molecule has 1 amide bonds. The summed E-state index contributed by atoms with van der Waals surface area (Å²) in [6, 6.07) is 3.91. The van der Waals surface area contributed by atoms with Gasteiger partial charge in [0.1, 0.15) is 5.82 Å². The molecule has 1 aromatic carbocycles. The molecular weight excluding hydrogens is 241 g/mol. The van der Waals surface area contributed by atoms with Gasteiger partial charge in [-0.15, -0.1) is 0 Å². The van der Waals surface area contributed by atoms with Crippen molar-refractivity contribution in [2.75, 3.05) is 19.0 Å². The number of halogens is 1. The Morgan fingerprint density at radius 3 is 2.72 bits per heavy atom. The third kappa shape index (κ3) is 4.50. The molecular formula is C12H14FNO4. The molecule has 0 atom stereocenters.